The van der Waals surface area contributed by atoms with Gasteiger partial charge in [0.2, 0.25) is 5.91 Å². The molecule has 2 rings (SSSR count). The Morgan fingerprint density at radius 2 is 2.35 bits per heavy atom. The van der Waals surface area contributed by atoms with E-state index in [9.17, 15) is 4.79 Å². The van der Waals surface area contributed by atoms with Crippen molar-refractivity contribution in [2.75, 3.05) is 11.5 Å². The lowest BCUT2D eigenvalue weighted by molar-refractivity contribution is -0.120. The van der Waals surface area contributed by atoms with Crippen molar-refractivity contribution in [2.24, 2.45) is 11.7 Å². The van der Waals surface area contributed by atoms with Gasteiger partial charge in [0, 0.05) is 17.4 Å². The number of nitrogen functional groups attached to an aromatic ring is 1. The van der Waals surface area contributed by atoms with E-state index in [0.717, 1.165) is 20.2 Å². The predicted molar refractivity (Wildman–Crippen MR) is 73.1 cm³/mol. The summed E-state index contributed by atoms with van der Waals surface area (Å²) in [5, 5.41) is 0. The molecule has 1 heterocycles. The summed E-state index contributed by atoms with van der Waals surface area (Å²) in [7, 11) is 0. The number of amides is 1. The molecule has 1 aromatic carbocycles. The van der Waals surface area contributed by atoms with Crippen LogP contribution in [0.4, 0.5) is 5.69 Å². The lowest BCUT2D eigenvalue weighted by Gasteiger charge is -2.03. The largest absolute Gasteiger partial charge is 0.399 e. The smallest absolute Gasteiger partial charge is 0.221 e. The molecule has 2 aromatic rings. The fourth-order valence-electron chi connectivity index (χ4n) is 1.26. The zero-order chi connectivity index (χ0) is 12.4. The summed E-state index contributed by atoms with van der Waals surface area (Å²) in [6, 6.07) is 5.65. The van der Waals surface area contributed by atoms with Crippen LogP contribution in [-0.2, 0) is 4.79 Å². The van der Waals surface area contributed by atoms with E-state index in [-0.39, 0.29) is 11.8 Å². The molecule has 0 saturated carbocycles. The van der Waals surface area contributed by atoms with Gasteiger partial charge in [-0.3, -0.25) is 4.79 Å². The quantitative estimate of drug-likeness (QED) is 0.656. The Kier molecular flexibility index (Phi) is 3.54. The van der Waals surface area contributed by atoms with E-state index >= 15 is 0 Å². The molecular formula is C11H13N3OS2. The molecule has 17 heavy (non-hydrogen) atoms. The zero-order valence-corrected chi connectivity index (χ0v) is 11.0. The SMILES string of the molecule is CC(CSc1nc2ccc(N)cc2s1)C(N)=O. The Bertz CT molecular complexity index is 553. The number of thiazole rings is 1. The topological polar surface area (TPSA) is 82.0 Å². The monoisotopic (exact) mass is 267 g/mol. The number of anilines is 1. The van der Waals surface area contributed by atoms with Crippen LogP contribution in [-0.4, -0.2) is 16.6 Å². The van der Waals surface area contributed by atoms with Crippen molar-refractivity contribution in [3.05, 3.63) is 18.2 Å². The van der Waals surface area contributed by atoms with Gasteiger partial charge in [0.05, 0.1) is 10.2 Å². The number of benzene rings is 1. The van der Waals surface area contributed by atoms with Gasteiger partial charge in [0.15, 0.2) is 4.34 Å². The second kappa shape index (κ2) is 4.93. The van der Waals surface area contributed by atoms with E-state index in [1.165, 1.54) is 0 Å². The van der Waals surface area contributed by atoms with Crippen LogP contribution in [0.25, 0.3) is 10.2 Å². The normalized spacial score (nSPS) is 12.8. The molecule has 90 valence electrons. The number of nitrogens with two attached hydrogens (primary N) is 2. The van der Waals surface area contributed by atoms with Crippen molar-refractivity contribution >= 4 is 44.9 Å². The number of primary amides is 1. The lowest BCUT2D eigenvalue weighted by atomic mass is 10.2. The molecule has 1 amide bonds. The molecule has 0 aliphatic rings. The van der Waals surface area contributed by atoms with Gasteiger partial charge in [-0.1, -0.05) is 18.7 Å². The Labute approximate surface area is 107 Å². The van der Waals surface area contributed by atoms with Crippen molar-refractivity contribution in [2.45, 2.75) is 11.3 Å². The van der Waals surface area contributed by atoms with Crippen LogP contribution in [0.15, 0.2) is 22.5 Å². The summed E-state index contributed by atoms with van der Waals surface area (Å²) in [6.45, 7) is 1.82. The van der Waals surface area contributed by atoms with Crippen molar-refractivity contribution < 1.29 is 4.79 Å². The minimum absolute atomic E-state index is 0.142. The third kappa shape index (κ3) is 2.89. The fraction of sp³-hybridized carbons (Fsp3) is 0.273. The third-order valence-corrected chi connectivity index (χ3v) is 4.76. The molecule has 0 bridgehead atoms. The van der Waals surface area contributed by atoms with Gasteiger partial charge in [0.1, 0.15) is 0 Å². The first-order valence-electron chi connectivity index (χ1n) is 5.14. The highest BCUT2D eigenvalue weighted by Crippen LogP contribution is 2.31. The molecule has 0 spiro atoms. The zero-order valence-electron chi connectivity index (χ0n) is 9.34. The number of thioether (sulfide) groups is 1. The number of carbonyl (C=O) groups is 1. The number of fused-ring (bicyclic) bond motifs is 1. The average molecular weight is 267 g/mol. The first kappa shape index (κ1) is 12.2. The summed E-state index contributed by atoms with van der Waals surface area (Å²) in [6.07, 6.45) is 0. The van der Waals surface area contributed by atoms with Crippen molar-refractivity contribution in [3.8, 4) is 0 Å². The summed E-state index contributed by atoms with van der Waals surface area (Å²) >= 11 is 3.14. The van der Waals surface area contributed by atoms with Gasteiger partial charge in [0.25, 0.3) is 0 Å². The van der Waals surface area contributed by atoms with Crippen molar-refractivity contribution in [1.82, 2.24) is 4.98 Å². The van der Waals surface area contributed by atoms with Crippen LogP contribution in [0.5, 0.6) is 0 Å². The van der Waals surface area contributed by atoms with Gasteiger partial charge in [-0.2, -0.15) is 0 Å². The number of rotatable bonds is 4. The molecule has 0 saturated heterocycles. The number of nitrogens with zero attached hydrogens (tertiary/aromatic N) is 1. The Hall–Kier alpha value is -1.27. The van der Waals surface area contributed by atoms with E-state index < -0.39 is 0 Å². The second-order valence-corrected chi connectivity index (χ2v) is 6.12. The van der Waals surface area contributed by atoms with E-state index in [0.29, 0.717) is 5.75 Å². The maximum Gasteiger partial charge on any atom is 0.221 e. The van der Waals surface area contributed by atoms with Crippen LogP contribution in [0.2, 0.25) is 0 Å². The number of hydrogen-bond donors (Lipinski definition) is 2. The molecule has 0 fully saturated rings. The molecular weight excluding hydrogens is 254 g/mol. The van der Waals surface area contributed by atoms with Crippen molar-refractivity contribution in [3.63, 3.8) is 0 Å². The Morgan fingerprint density at radius 3 is 3.06 bits per heavy atom. The Morgan fingerprint density at radius 1 is 1.59 bits per heavy atom. The van der Waals surface area contributed by atoms with E-state index in [1.807, 2.05) is 25.1 Å². The summed E-state index contributed by atoms with van der Waals surface area (Å²) in [4.78, 5) is 15.4. The standard InChI is InChI=1S/C11H13N3OS2/c1-6(10(13)15)5-16-11-14-8-3-2-7(12)4-9(8)17-11/h2-4,6H,5,12H2,1H3,(H2,13,15). The molecule has 0 radical (unpaired) electrons. The van der Waals surface area contributed by atoms with Crippen LogP contribution >= 0.6 is 23.1 Å². The fourth-order valence-corrected chi connectivity index (χ4v) is 3.43. The summed E-state index contributed by atoms with van der Waals surface area (Å²) in [5.41, 5.74) is 12.6. The van der Waals surface area contributed by atoms with Gasteiger partial charge >= 0.3 is 0 Å². The van der Waals surface area contributed by atoms with Crippen LogP contribution in [0, 0.1) is 5.92 Å². The predicted octanol–water partition coefficient (Wildman–Crippen LogP) is 2.09. The summed E-state index contributed by atoms with van der Waals surface area (Å²) < 4.78 is 2.01. The van der Waals surface area contributed by atoms with Crippen LogP contribution in [0.3, 0.4) is 0 Å². The average Bonchev–Trinajstić information content (AvgIpc) is 2.67. The maximum absolute atomic E-state index is 10.9. The molecule has 0 aliphatic heterocycles. The number of hydrogen-bond acceptors (Lipinski definition) is 5. The van der Waals surface area contributed by atoms with Crippen LogP contribution < -0.4 is 11.5 Å². The first-order valence-corrected chi connectivity index (χ1v) is 6.94. The third-order valence-electron chi connectivity index (χ3n) is 2.34. The van der Waals surface area contributed by atoms with E-state index in [4.69, 9.17) is 11.5 Å². The minimum atomic E-state index is -0.275. The number of aromatic nitrogens is 1. The molecule has 1 aromatic heterocycles. The molecule has 4 N–H and O–H groups in total. The maximum atomic E-state index is 10.9. The van der Waals surface area contributed by atoms with E-state index in [2.05, 4.69) is 4.98 Å². The second-order valence-electron chi connectivity index (χ2n) is 3.82. The molecule has 4 nitrogen and oxygen atoms in total. The van der Waals surface area contributed by atoms with Gasteiger partial charge in [-0.15, -0.1) is 11.3 Å². The van der Waals surface area contributed by atoms with Crippen molar-refractivity contribution in [1.29, 1.82) is 0 Å². The molecule has 0 aliphatic carbocycles. The van der Waals surface area contributed by atoms with E-state index in [1.54, 1.807) is 23.1 Å². The molecule has 6 heteroatoms. The minimum Gasteiger partial charge on any atom is -0.399 e. The van der Waals surface area contributed by atoms with Gasteiger partial charge in [-0.05, 0) is 18.2 Å². The molecule has 1 unspecified atom stereocenters. The highest BCUT2D eigenvalue weighted by Gasteiger charge is 2.11. The lowest BCUT2D eigenvalue weighted by Crippen LogP contribution is -2.22. The number of carbonyl (C=O) groups excluding carboxylic acids is 1. The molecule has 1 atom stereocenters. The highest BCUT2D eigenvalue weighted by molar-refractivity contribution is 8.01. The van der Waals surface area contributed by atoms with Gasteiger partial charge < -0.3 is 11.5 Å². The first-order chi connectivity index (χ1) is 8.06. The van der Waals surface area contributed by atoms with Crippen LogP contribution in [0.1, 0.15) is 6.92 Å². The van der Waals surface area contributed by atoms with Gasteiger partial charge in [-0.25, -0.2) is 4.98 Å². The Balaban J connectivity index is 2.12. The highest BCUT2D eigenvalue weighted by atomic mass is 32.2. The summed E-state index contributed by atoms with van der Waals surface area (Å²) in [5.74, 6) is 0.241.